The predicted molar refractivity (Wildman–Crippen MR) is 70.8 cm³/mol. The maximum absolute atomic E-state index is 13.6. The highest BCUT2D eigenvalue weighted by Gasteiger charge is 2.17. The van der Waals surface area contributed by atoms with E-state index in [9.17, 15) is 9.18 Å². The third-order valence-corrected chi connectivity index (χ3v) is 3.00. The molecule has 0 aliphatic carbocycles. The standard InChI is InChI=1S/C14H13ClFNO2/c1-9(7-10-5-6-19-8-10)17-14(18)13-11(15)3-2-4-12(13)16/h2-6,8-9H,7H2,1H3,(H,17,18)/t9-/m0/s1. The van der Waals surface area contributed by atoms with Crippen molar-refractivity contribution in [2.24, 2.45) is 0 Å². The first-order valence-corrected chi connectivity index (χ1v) is 6.21. The number of rotatable bonds is 4. The van der Waals surface area contributed by atoms with Crippen molar-refractivity contribution in [3.63, 3.8) is 0 Å². The number of halogens is 2. The lowest BCUT2D eigenvalue weighted by Gasteiger charge is -2.14. The zero-order valence-corrected chi connectivity index (χ0v) is 11.1. The van der Waals surface area contributed by atoms with Gasteiger partial charge in [-0.25, -0.2) is 4.39 Å². The van der Waals surface area contributed by atoms with Crippen molar-refractivity contribution in [3.8, 4) is 0 Å². The summed E-state index contributed by atoms with van der Waals surface area (Å²) in [6, 6.07) is 5.82. The van der Waals surface area contributed by atoms with Gasteiger partial charge in [-0.05, 0) is 37.1 Å². The fourth-order valence-corrected chi connectivity index (χ4v) is 2.07. The Kier molecular flexibility index (Phi) is 4.22. The number of nitrogens with one attached hydrogen (secondary N) is 1. The zero-order valence-electron chi connectivity index (χ0n) is 10.3. The van der Waals surface area contributed by atoms with Crippen LogP contribution in [0, 0.1) is 5.82 Å². The highest BCUT2D eigenvalue weighted by molar-refractivity contribution is 6.33. The topological polar surface area (TPSA) is 42.2 Å². The van der Waals surface area contributed by atoms with E-state index in [-0.39, 0.29) is 16.6 Å². The second-order valence-corrected chi connectivity index (χ2v) is 4.71. The quantitative estimate of drug-likeness (QED) is 0.933. The number of amides is 1. The van der Waals surface area contributed by atoms with Crippen LogP contribution in [-0.2, 0) is 6.42 Å². The van der Waals surface area contributed by atoms with Gasteiger partial charge in [-0.15, -0.1) is 0 Å². The molecule has 100 valence electrons. The van der Waals surface area contributed by atoms with E-state index in [0.717, 1.165) is 5.56 Å². The van der Waals surface area contributed by atoms with Crippen LogP contribution in [0.5, 0.6) is 0 Å². The molecule has 0 saturated carbocycles. The van der Waals surface area contributed by atoms with Gasteiger partial charge in [0, 0.05) is 6.04 Å². The smallest absolute Gasteiger partial charge is 0.255 e. The lowest BCUT2D eigenvalue weighted by atomic mass is 10.1. The van der Waals surface area contributed by atoms with E-state index in [1.165, 1.54) is 18.2 Å². The maximum atomic E-state index is 13.6. The highest BCUT2D eigenvalue weighted by Crippen LogP contribution is 2.19. The average Bonchev–Trinajstić information content (AvgIpc) is 2.81. The molecule has 0 aliphatic heterocycles. The SMILES string of the molecule is C[C@@H](Cc1ccoc1)NC(=O)c1c(F)cccc1Cl. The van der Waals surface area contributed by atoms with Crippen LogP contribution in [0.15, 0.2) is 41.2 Å². The Bertz CT molecular complexity index is 549. The van der Waals surface area contributed by atoms with Crippen LogP contribution in [0.25, 0.3) is 0 Å². The van der Waals surface area contributed by atoms with Gasteiger partial charge in [0.25, 0.3) is 5.91 Å². The molecule has 0 radical (unpaired) electrons. The van der Waals surface area contributed by atoms with Gasteiger partial charge in [-0.2, -0.15) is 0 Å². The lowest BCUT2D eigenvalue weighted by molar-refractivity contribution is 0.0936. The van der Waals surface area contributed by atoms with Crippen molar-refractivity contribution < 1.29 is 13.6 Å². The Balaban J connectivity index is 2.04. The van der Waals surface area contributed by atoms with Gasteiger partial charge < -0.3 is 9.73 Å². The number of benzene rings is 1. The number of hydrogen-bond acceptors (Lipinski definition) is 2. The van der Waals surface area contributed by atoms with Crippen LogP contribution in [0.2, 0.25) is 5.02 Å². The van der Waals surface area contributed by atoms with Crippen molar-refractivity contribution in [1.29, 1.82) is 0 Å². The molecule has 1 aromatic carbocycles. The molecule has 0 saturated heterocycles. The Hall–Kier alpha value is -1.81. The Morgan fingerprint density at radius 3 is 2.89 bits per heavy atom. The summed E-state index contributed by atoms with van der Waals surface area (Å²) in [5, 5.41) is 2.82. The van der Waals surface area contributed by atoms with Crippen LogP contribution >= 0.6 is 11.6 Å². The summed E-state index contributed by atoms with van der Waals surface area (Å²) >= 11 is 5.83. The molecular formula is C14H13ClFNO2. The summed E-state index contributed by atoms with van der Waals surface area (Å²) in [7, 11) is 0. The minimum absolute atomic E-state index is 0.105. The summed E-state index contributed by atoms with van der Waals surface area (Å²) in [4.78, 5) is 12.0. The number of carbonyl (C=O) groups is 1. The summed E-state index contributed by atoms with van der Waals surface area (Å²) in [6.07, 6.45) is 3.78. The molecule has 1 aromatic heterocycles. The minimum atomic E-state index is -0.625. The molecule has 5 heteroatoms. The van der Waals surface area contributed by atoms with Crippen LogP contribution < -0.4 is 5.32 Å². The third-order valence-electron chi connectivity index (χ3n) is 2.69. The zero-order chi connectivity index (χ0) is 13.8. The molecular weight excluding hydrogens is 269 g/mol. The van der Waals surface area contributed by atoms with Crippen molar-refractivity contribution in [2.45, 2.75) is 19.4 Å². The number of carbonyl (C=O) groups excluding carboxylic acids is 1. The summed E-state index contributed by atoms with van der Waals surface area (Å²) in [5.74, 6) is -1.14. The van der Waals surface area contributed by atoms with Crippen LogP contribution in [-0.4, -0.2) is 11.9 Å². The molecule has 0 unspecified atom stereocenters. The van der Waals surface area contributed by atoms with Crippen LogP contribution in [0.4, 0.5) is 4.39 Å². The van der Waals surface area contributed by atoms with Gasteiger partial charge in [0.05, 0.1) is 23.1 Å². The molecule has 0 spiro atoms. The Morgan fingerprint density at radius 2 is 2.26 bits per heavy atom. The van der Waals surface area contributed by atoms with E-state index in [0.29, 0.717) is 6.42 Å². The molecule has 2 rings (SSSR count). The van der Waals surface area contributed by atoms with Crippen molar-refractivity contribution >= 4 is 17.5 Å². The Morgan fingerprint density at radius 1 is 1.47 bits per heavy atom. The van der Waals surface area contributed by atoms with Crippen molar-refractivity contribution in [2.75, 3.05) is 0 Å². The normalized spacial score (nSPS) is 12.2. The van der Waals surface area contributed by atoms with Crippen LogP contribution in [0.1, 0.15) is 22.8 Å². The van der Waals surface area contributed by atoms with Gasteiger partial charge in [0.2, 0.25) is 0 Å². The maximum Gasteiger partial charge on any atom is 0.255 e. The molecule has 0 aliphatic rings. The lowest BCUT2D eigenvalue weighted by Crippen LogP contribution is -2.34. The minimum Gasteiger partial charge on any atom is -0.472 e. The summed E-state index contributed by atoms with van der Waals surface area (Å²) in [5.41, 5.74) is 0.843. The van der Waals surface area contributed by atoms with E-state index >= 15 is 0 Å². The molecule has 3 nitrogen and oxygen atoms in total. The van der Waals surface area contributed by atoms with Gasteiger partial charge >= 0.3 is 0 Å². The van der Waals surface area contributed by atoms with E-state index in [1.54, 1.807) is 12.5 Å². The number of furan rings is 1. The first-order chi connectivity index (χ1) is 9.08. The predicted octanol–water partition coefficient (Wildman–Crippen LogP) is 3.43. The van der Waals surface area contributed by atoms with Gasteiger partial charge in [0.1, 0.15) is 5.82 Å². The average molecular weight is 282 g/mol. The van der Waals surface area contributed by atoms with E-state index in [1.807, 2.05) is 13.0 Å². The summed E-state index contributed by atoms with van der Waals surface area (Å²) in [6.45, 7) is 1.83. The third kappa shape index (κ3) is 3.35. The molecule has 1 N–H and O–H groups in total. The first-order valence-electron chi connectivity index (χ1n) is 5.84. The molecule has 0 bridgehead atoms. The molecule has 1 amide bonds. The summed E-state index contributed by atoms with van der Waals surface area (Å²) < 4.78 is 18.5. The van der Waals surface area contributed by atoms with Gasteiger partial charge in [-0.3, -0.25) is 4.79 Å². The van der Waals surface area contributed by atoms with Gasteiger partial charge in [-0.1, -0.05) is 17.7 Å². The molecule has 0 fully saturated rings. The molecule has 1 atom stereocenters. The van der Waals surface area contributed by atoms with Gasteiger partial charge in [0.15, 0.2) is 0 Å². The van der Waals surface area contributed by atoms with E-state index < -0.39 is 11.7 Å². The van der Waals surface area contributed by atoms with Crippen LogP contribution in [0.3, 0.4) is 0 Å². The molecule has 19 heavy (non-hydrogen) atoms. The fraction of sp³-hybridized carbons (Fsp3) is 0.214. The molecule has 1 heterocycles. The number of hydrogen-bond donors (Lipinski definition) is 1. The molecule has 2 aromatic rings. The largest absolute Gasteiger partial charge is 0.472 e. The highest BCUT2D eigenvalue weighted by atomic mass is 35.5. The van der Waals surface area contributed by atoms with Crippen molar-refractivity contribution in [1.82, 2.24) is 5.32 Å². The van der Waals surface area contributed by atoms with E-state index in [2.05, 4.69) is 5.32 Å². The second-order valence-electron chi connectivity index (χ2n) is 4.31. The second kappa shape index (κ2) is 5.89. The first kappa shape index (κ1) is 13.6. The Labute approximate surface area is 115 Å². The fourth-order valence-electron chi connectivity index (χ4n) is 1.82. The van der Waals surface area contributed by atoms with E-state index in [4.69, 9.17) is 16.0 Å². The monoisotopic (exact) mass is 281 g/mol. The van der Waals surface area contributed by atoms with Crippen molar-refractivity contribution in [3.05, 3.63) is 58.8 Å².